The zero-order chi connectivity index (χ0) is 25.9. The zero-order valence-electron chi connectivity index (χ0n) is 18.4. The molecule has 6 nitrogen and oxygen atoms in total. The van der Waals surface area contributed by atoms with Crippen LogP contribution in [-0.4, -0.2) is 35.3 Å². The molecule has 0 aliphatic carbocycles. The molecule has 5 rings (SSSR count). The van der Waals surface area contributed by atoms with E-state index >= 15 is 0 Å². The van der Waals surface area contributed by atoms with Crippen molar-refractivity contribution >= 4 is 69.8 Å². The summed E-state index contributed by atoms with van der Waals surface area (Å²) in [5, 5.41) is -0.773. The Balaban J connectivity index is 1.60. The van der Waals surface area contributed by atoms with E-state index in [1.807, 2.05) is 6.92 Å². The number of hydrogen-bond donors (Lipinski definition) is 0. The molecule has 0 aromatic heterocycles. The third-order valence-corrected chi connectivity index (χ3v) is 7.92. The Morgan fingerprint density at radius 2 is 1.28 bits per heavy atom. The smallest absolute Gasteiger partial charge is 0.264 e. The highest BCUT2D eigenvalue weighted by Crippen LogP contribution is 2.49. The number of β-lactam (4-membered cyclic amide) rings is 1. The number of benzene rings is 3. The van der Waals surface area contributed by atoms with Crippen LogP contribution in [0.2, 0.25) is 20.1 Å². The molecule has 0 unspecified atom stereocenters. The molecule has 0 saturated carbocycles. The molecule has 3 amide bonds. The first-order chi connectivity index (χ1) is 17.2. The van der Waals surface area contributed by atoms with Crippen molar-refractivity contribution in [3.63, 3.8) is 0 Å². The van der Waals surface area contributed by atoms with E-state index in [1.165, 1.54) is 29.2 Å². The van der Waals surface area contributed by atoms with Crippen LogP contribution in [0, 0.1) is 5.82 Å². The maximum Gasteiger partial charge on any atom is 0.264 e. The Labute approximate surface area is 225 Å². The second kappa shape index (κ2) is 9.23. The van der Waals surface area contributed by atoms with Gasteiger partial charge in [-0.05, 0) is 48.9 Å². The molecule has 0 radical (unpaired) electrons. The predicted molar refractivity (Wildman–Crippen MR) is 135 cm³/mol. The number of hydrogen-bond acceptors (Lipinski definition) is 4. The van der Waals surface area contributed by atoms with Gasteiger partial charge in [-0.1, -0.05) is 58.5 Å². The molecule has 11 heteroatoms. The van der Waals surface area contributed by atoms with Crippen LogP contribution in [0.4, 0.5) is 10.1 Å². The van der Waals surface area contributed by atoms with Crippen molar-refractivity contribution in [3.05, 3.63) is 91.1 Å². The number of ether oxygens (including phenoxy) is 1. The van der Waals surface area contributed by atoms with E-state index in [4.69, 9.17) is 51.1 Å². The third kappa shape index (κ3) is 3.65. The Morgan fingerprint density at radius 1 is 0.750 bits per heavy atom. The van der Waals surface area contributed by atoms with Gasteiger partial charge in [0.2, 0.25) is 0 Å². The van der Waals surface area contributed by atoms with Crippen LogP contribution in [0.25, 0.3) is 0 Å². The maximum atomic E-state index is 13.6. The lowest BCUT2D eigenvalue weighted by Gasteiger charge is -2.49. The van der Waals surface area contributed by atoms with Gasteiger partial charge in [0.05, 0.1) is 43.9 Å². The van der Waals surface area contributed by atoms with E-state index < -0.39 is 35.6 Å². The minimum atomic E-state index is -1.22. The normalized spacial score (nSPS) is 19.0. The first-order valence-corrected chi connectivity index (χ1v) is 12.2. The lowest BCUT2D eigenvalue weighted by Crippen LogP contribution is -2.67. The molecule has 2 heterocycles. The molecule has 1 saturated heterocycles. The van der Waals surface area contributed by atoms with Crippen LogP contribution in [0.15, 0.2) is 48.5 Å². The SMILES string of the molecule is CCOc1ccc([C@@H]2[C@@H](N3C(=O)c4c(Cl)c(Cl)c(Cl)c(Cl)c4C3=O)C(=O)N2c2ccc(F)cc2)cc1. The van der Waals surface area contributed by atoms with Crippen LogP contribution < -0.4 is 9.64 Å². The van der Waals surface area contributed by atoms with E-state index in [1.54, 1.807) is 24.3 Å². The number of fused-ring (bicyclic) bond motifs is 1. The number of carbonyl (C=O) groups excluding carboxylic acids is 3. The summed E-state index contributed by atoms with van der Waals surface area (Å²) < 4.78 is 19.1. The third-order valence-electron chi connectivity index (χ3n) is 6.12. The minimum Gasteiger partial charge on any atom is -0.494 e. The lowest BCUT2D eigenvalue weighted by atomic mass is 9.86. The Hall–Kier alpha value is -2.84. The van der Waals surface area contributed by atoms with Crippen LogP contribution in [0.5, 0.6) is 5.75 Å². The summed E-state index contributed by atoms with van der Waals surface area (Å²) in [4.78, 5) is 42.6. The van der Waals surface area contributed by atoms with Crippen molar-refractivity contribution in [3.8, 4) is 5.75 Å². The fourth-order valence-electron chi connectivity index (χ4n) is 4.49. The summed E-state index contributed by atoms with van der Waals surface area (Å²) in [6.07, 6.45) is 0. The van der Waals surface area contributed by atoms with Crippen molar-refractivity contribution in [1.29, 1.82) is 0 Å². The molecule has 3 aromatic carbocycles. The summed E-state index contributed by atoms with van der Waals surface area (Å²) in [6, 6.07) is 10.2. The molecule has 2 aliphatic rings. The van der Waals surface area contributed by atoms with Crippen molar-refractivity contribution in [1.82, 2.24) is 4.90 Å². The highest BCUT2D eigenvalue weighted by atomic mass is 35.5. The van der Waals surface area contributed by atoms with Crippen molar-refractivity contribution in [2.45, 2.75) is 19.0 Å². The first-order valence-electron chi connectivity index (χ1n) is 10.7. The molecule has 2 atom stereocenters. The molecule has 0 spiro atoms. The molecule has 0 N–H and O–H groups in total. The summed E-state index contributed by atoms with van der Waals surface area (Å²) in [6.45, 7) is 2.31. The van der Waals surface area contributed by atoms with E-state index in [0.29, 0.717) is 23.6 Å². The number of rotatable bonds is 5. The van der Waals surface area contributed by atoms with Gasteiger partial charge in [0.1, 0.15) is 17.6 Å². The fourth-order valence-corrected chi connectivity index (χ4v) is 5.51. The van der Waals surface area contributed by atoms with Crippen molar-refractivity contribution < 1.29 is 23.5 Å². The van der Waals surface area contributed by atoms with Gasteiger partial charge in [0.15, 0.2) is 0 Å². The predicted octanol–water partition coefficient (Wildman–Crippen LogP) is 6.59. The summed E-state index contributed by atoms with van der Waals surface area (Å²) in [7, 11) is 0. The highest BCUT2D eigenvalue weighted by Gasteiger charge is 2.58. The molecule has 3 aromatic rings. The van der Waals surface area contributed by atoms with Gasteiger partial charge >= 0.3 is 0 Å². The van der Waals surface area contributed by atoms with Gasteiger partial charge in [-0.15, -0.1) is 0 Å². The number of imide groups is 1. The highest BCUT2D eigenvalue weighted by molar-refractivity contribution is 6.55. The van der Waals surface area contributed by atoms with Crippen LogP contribution >= 0.6 is 46.4 Å². The molecule has 2 aliphatic heterocycles. The van der Waals surface area contributed by atoms with Crippen molar-refractivity contribution in [2.75, 3.05) is 11.5 Å². The maximum absolute atomic E-state index is 13.6. The second-order valence-corrected chi connectivity index (χ2v) is 9.57. The summed E-state index contributed by atoms with van der Waals surface area (Å²) in [5.74, 6) is -2.03. The molecule has 0 bridgehead atoms. The average Bonchev–Trinajstić information content (AvgIpc) is 3.12. The summed E-state index contributed by atoms with van der Waals surface area (Å²) >= 11 is 24.8. The van der Waals surface area contributed by atoms with Gasteiger partial charge in [-0.2, -0.15) is 0 Å². The topological polar surface area (TPSA) is 66.9 Å². The van der Waals surface area contributed by atoms with Crippen LogP contribution in [0.1, 0.15) is 39.2 Å². The van der Waals surface area contributed by atoms with E-state index in [-0.39, 0.29) is 31.2 Å². The van der Waals surface area contributed by atoms with Gasteiger partial charge in [-0.25, -0.2) is 4.39 Å². The molecular weight excluding hydrogens is 553 g/mol. The second-order valence-electron chi connectivity index (χ2n) is 8.06. The van der Waals surface area contributed by atoms with Gasteiger partial charge in [0, 0.05) is 5.69 Å². The van der Waals surface area contributed by atoms with Gasteiger partial charge in [0.25, 0.3) is 17.7 Å². The van der Waals surface area contributed by atoms with Crippen LogP contribution in [0.3, 0.4) is 0 Å². The fraction of sp³-hybridized carbons (Fsp3) is 0.160. The number of anilines is 1. The number of halogens is 5. The Morgan fingerprint density at radius 3 is 1.78 bits per heavy atom. The molecule has 36 heavy (non-hydrogen) atoms. The van der Waals surface area contributed by atoms with Gasteiger partial charge in [-0.3, -0.25) is 19.3 Å². The average molecular weight is 568 g/mol. The molecule has 1 fully saturated rings. The minimum absolute atomic E-state index is 0.166. The monoisotopic (exact) mass is 566 g/mol. The van der Waals surface area contributed by atoms with E-state index in [2.05, 4.69) is 0 Å². The van der Waals surface area contributed by atoms with Gasteiger partial charge < -0.3 is 9.64 Å². The quantitative estimate of drug-likeness (QED) is 0.151. The number of carbonyl (C=O) groups is 3. The van der Waals surface area contributed by atoms with E-state index in [0.717, 1.165) is 4.90 Å². The van der Waals surface area contributed by atoms with Crippen LogP contribution in [-0.2, 0) is 4.79 Å². The number of nitrogens with zero attached hydrogens (tertiary/aromatic N) is 2. The zero-order valence-corrected chi connectivity index (χ0v) is 21.4. The van der Waals surface area contributed by atoms with Crippen molar-refractivity contribution in [2.24, 2.45) is 0 Å². The lowest BCUT2D eigenvalue weighted by molar-refractivity contribution is -0.130. The number of amides is 3. The van der Waals surface area contributed by atoms with E-state index in [9.17, 15) is 18.8 Å². The summed E-state index contributed by atoms with van der Waals surface area (Å²) in [5.41, 5.74) is 0.603. The molecular formula is C25H15Cl4FN2O4. The Kier molecular flexibility index (Phi) is 6.37. The first kappa shape index (κ1) is 24.8. The molecule has 184 valence electrons. The standard InChI is InChI=1S/C25H15Cl4FN2O4/c1-2-36-14-9-3-11(4-10-14)21-22(25(35)31(21)13-7-5-12(30)6-8-13)32-23(33)15-16(24(32)34)18(27)20(29)19(28)17(15)26/h3-10,21-22H,2H2,1H3/t21-,22-/m1/s1. The Bertz CT molecular complexity index is 1380. The largest absolute Gasteiger partial charge is 0.494 e.